The minimum Gasteiger partial charge on any atom is -0.488 e. The Morgan fingerprint density at radius 2 is 1.93 bits per heavy atom. The largest absolute Gasteiger partial charge is 0.488 e. The molecule has 0 fully saturated rings. The molecule has 0 aromatic heterocycles. The second-order valence-corrected chi connectivity index (χ2v) is 6.62. The fourth-order valence-corrected chi connectivity index (χ4v) is 3.51. The van der Waals surface area contributed by atoms with E-state index in [1.807, 2.05) is 31.2 Å². The summed E-state index contributed by atoms with van der Waals surface area (Å²) in [5.74, 6) is -0.245. The lowest BCUT2D eigenvalue weighted by Gasteiger charge is -2.18. The number of aromatic carboxylic acids is 1. The summed E-state index contributed by atoms with van der Waals surface area (Å²) in [6.07, 6.45) is 0. The van der Waals surface area contributed by atoms with Gasteiger partial charge in [-0.05, 0) is 43.3 Å². The van der Waals surface area contributed by atoms with Crippen molar-refractivity contribution in [2.45, 2.75) is 27.4 Å². The summed E-state index contributed by atoms with van der Waals surface area (Å²) < 4.78 is 6.01. The summed E-state index contributed by atoms with van der Waals surface area (Å²) in [6, 6.07) is 11.4. The van der Waals surface area contributed by atoms with Crippen LogP contribution in [0.25, 0.3) is 0 Å². The maximum Gasteiger partial charge on any atom is 0.335 e. The highest BCUT2D eigenvalue weighted by atomic mass is 16.5. The standard InChI is InChI=1S/C22H26N2O3/c1-4-24(5-2)13-12-23-21-18-9-7-6-8-16(18)14-27-19-11-10-17(22(25)26)15(3)20(19)21/h6-11H,4-5,12-14H2,1-3H3,(H,25,26). The number of aliphatic imine (C=N–C) groups is 1. The molecule has 0 atom stereocenters. The van der Waals surface area contributed by atoms with E-state index in [4.69, 9.17) is 9.73 Å². The predicted octanol–water partition coefficient (Wildman–Crippen LogP) is 3.76. The molecule has 142 valence electrons. The van der Waals surface area contributed by atoms with Crippen LogP contribution in [0.4, 0.5) is 0 Å². The molecular formula is C22H26N2O3. The van der Waals surface area contributed by atoms with Crippen LogP contribution in [-0.2, 0) is 6.61 Å². The Morgan fingerprint density at radius 1 is 1.19 bits per heavy atom. The molecule has 0 amide bonds. The van der Waals surface area contributed by atoms with Gasteiger partial charge < -0.3 is 14.7 Å². The molecule has 27 heavy (non-hydrogen) atoms. The van der Waals surface area contributed by atoms with Gasteiger partial charge in [0.25, 0.3) is 0 Å². The van der Waals surface area contributed by atoms with Gasteiger partial charge in [0.05, 0.1) is 17.8 Å². The summed E-state index contributed by atoms with van der Waals surface area (Å²) in [5, 5.41) is 9.54. The number of likely N-dealkylation sites (N-methyl/N-ethyl adjacent to an activating group) is 1. The average Bonchev–Trinajstić information content (AvgIpc) is 2.83. The Bertz CT molecular complexity index is 870. The number of carboxylic acid groups (broad SMARTS) is 1. The molecule has 0 aliphatic carbocycles. The number of benzene rings is 2. The van der Waals surface area contributed by atoms with Crippen LogP contribution in [0.5, 0.6) is 5.75 Å². The smallest absolute Gasteiger partial charge is 0.335 e. The summed E-state index contributed by atoms with van der Waals surface area (Å²) in [4.78, 5) is 18.9. The quantitative estimate of drug-likeness (QED) is 0.845. The van der Waals surface area contributed by atoms with Gasteiger partial charge in [0.2, 0.25) is 0 Å². The number of hydrogen-bond donors (Lipinski definition) is 1. The van der Waals surface area contributed by atoms with E-state index in [0.29, 0.717) is 24.5 Å². The van der Waals surface area contributed by atoms with Crippen molar-refractivity contribution in [3.8, 4) is 5.75 Å². The van der Waals surface area contributed by atoms with Crippen LogP contribution < -0.4 is 4.74 Å². The highest BCUT2D eigenvalue weighted by Crippen LogP contribution is 2.33. The van der Waals surface area contributed by atoms with Crippen molar-refractivity contribution < 1.29 is 14.6 Å². The van der Waals surface area contributed by atoms with Gasteiger partial charge in [0, 0.05) is 17.7 Å². The molecule has 2 aromatic carbocycles. The number of carboxylic acids is 1. The number of rotatable bonds is 6. The zero-order chi connectivity index (χ0) is 19.4. The molecule has 1 aliphatic heterocycles. The molecule has 5 heteroatoms. The Morgan fingerprint density at radius 3 is 2.63 bits per heavy atom. The molecule has 1 heterocycles. The zero-order valence-electron chi connectivity index (χ0n) is 16.2. The van der Waals surface area contributed by atoms with Gasteiger partial charge in [-0.25, -0.2) is 4.79 Å². The predicted molar refractivity (Wildman–Crippen MR) is 107 cm³/mol. The molecule has 0 saturated carbocycles. The number of carbonyl (C=O) groups is 1. The third-order valence-electron chi connectivity index (χ3n) is 5.13. The average molecular weight is 366 g/mol. The minimum atomic E-state index is -0.935. The van der Waals surface area contributed by atoms with Crippen molar-refractivity contribution in [3.63, 3.8) is 0 Å². The van der Waals surface area contributed by atoms with Crippen LogP contribution in [0.1, 0.15) is 46.5 Å². The lowest BCUT2D eigenvalue weighted by Crippen LogP contribution is -2.26. The summed E-state index contributed by atoms with van der Waals surface area (Å²) in [7, 11) is 0. The van der Waals surface area contributed by atoms with Gasteiger partial charge in [-0.2, -0.15) is 0 Å². The topological polar surface area (TPSA) is 62.1 Å². The van der Waals surface area contributed by atoms with E-state index in [-0.39, 0.29) is 5.56 Å². The van der Waals surface area contributed by atoms with E-state index < -0.39 is 5.97 Å². The SMILES string of the molecule is CCN(CC)CCN=C1c2ccccc2COc2ccc(C(=O)O)c(C)c21. The number of fused-ring (bicyclic) bond motifs is 2. The van der Waals surface area contributed by atoms with Gasteiger partial charge in [0.1, 0.15) is 12.4 Å². The fourth-order valence-electron chi connectivity index (χ4n) is 3.51. The van der Waals surface area contributed by atoms with Crippen molar-refractivity contribution in [1.82, 2.24) is 4.90 Å². The molecule has 0 unspecified atom stereocenters. The third-order valence-corrected chi connectivity index (χ3v) is 5.13. The van der Waals surface area contributed by atoms with Gasteiger partial charge in [-0.1, -0.05) is 38.1 Å². The highest BCUT2D eigenvalue weighted by Gasteiger charge is 2.25. The summed E-state index contributed by atoms with van der Waals surface area (Å²) in [6.45, 7) is 10.1. The van der Waals surface area contributed by atoms with Gasteiger partial charge in [0.15, 0.2) is 0 Å². The molecular weight excluding hydrogens is 340 g/mol. The molecule has 5 nitrogen and oxygen atoms in total. The molecule has 1 aliphatic rings. The fraction of sp³-hybridized carbons (Fsp3) is 0.364. The highest BCUT2D eigenvalue weighted by molar-refractivity contribution is 6.17. The second kappa shape index (κ2) is 8.35. The number of nitrogens with zero attached hydrogens (tertiary/aromatic N) is 2. The molecule has 0 bridgehead atoms. The molecule has 0 spiro atoms. The summed E-state index contributed by atoms with van der Waals surface area (Å²) >= 11 is 0. The van der Waals surface area contributed by atoms with E-state index in [2.05, 4.69) is 18.7 Å². The Labute approximate surface area is 160 Å². The third kappa shape index (κ3) is 3.88. The first-order valence-corrected chi connectivity index (χ1v) is 9.41. The maximum absolute atomic E-state index is 11.6. The molecule has 1 N–H and O–H groups in total. The van der Waals surface area contributed by atoms with Crippen molar-refractivity contribution >= 4 is 11.7 Å². The van der Waals surface area contributed by atoms with Gasteiger partial charge >= 0.3 is 5.97 Å². The first kappa shape index (κ1) is 19.1. The van der Waals surface area contributed by atoms with E-state index in [1.165, 1.54) is 0 Å². The van der Waals surface area contributed by atoms with Gasteiger partial charge in [-0.15, -0.1) is 0 Å². The van der Waals surface area contributed by atoms with Crippen LogP contribution in [0.3, 0.4) is 0 Å². The van der Waals surface area contributed by atoms with E-state index >= 15 is 0 Å². The Balaban J connectivity index is 2.12. The van der Waals surface area contributed by atoms with Gasteiger partial charge in [-0.3, -0.25) is 4.99 Å². The lowest BCUT2D eigenvalue weighted by molar-refractivity contribution is 0.0696. The van der Waals surface area contributed by atoms with Crippen molar-refractivity contribution in [1.29, 1.82) is 0 Å². The Kier molecular flexibility index (Phi) is 5.91. The van der Waals surface area contributed by atoms with E-state index in [1.54, 1.807) is 12.1 Å². The van der Waals surface area contributed by atoms with Crippen LogP contribution in [0.2, 0.25) is 0 Å². The van der Waals surface area contributed by atoms with E-state index in [0.717, 1.165) is 42.0 Å². The van der Waals surface area contributed by atoms with E-state index in [9.17, 15) is 9.90 Å². The van der Waals surface area contributed by atoms with Crippen LogP contribution in [0.15, 0.2) is 41.4 Å². The number of hydrogen-bond acceptors (Lipinski definition) is 4. The first-order chi connectivity index (χ1) is 13.1. The zero-order valence-corrected chi connectivity index (χ0v) is 16.2. The summed E-state index contributed by atoms with van der Waals surface area (Å²) in [5.41, 5.74) is 4.67. The molecule has 0 radical (unpaired) electrons. The molecule has 3 rings (SSSR count). The monoisotopic (exact) mass is 366 g/mol. The normalized spacial score (nSPS) is 14.4. The van der Waals surface area contributed by atoms with Crippen LogP contribution in [-0.4, -0.2) is 47.9 Å². The van der Waals surface area contributed by atoms with Crippen LogP contribution >= 0.6 is 0 Å². The van der Waals surface area contributed by atoms with Crippen molar-refractivity contribution in [2.24, 2.45) is 4.99 Å². The van der Waals surface area contributed by atoms with Crippen molar-refractivity contribution in [3.05, 3.63) is 64.2 Å². The minimum absolute atomic E-state index is 0.285. The maximum atomic E-state index is 11.6. The molecule has 2 aromatic rings. The van der Waals surface area contributed by atoms with Crippen molar-refractivity contribution in [2.75, 3.05) is 26.2 Å². The Hall–Kier alpha value is -2.66. The second-order valence-electron chi connectivity index (χ2n) is 6.62. The number of ether oxygens (including phenoxy) is 1. The molecule has 0 saturated heterocycles. The van der Waals surface area contributed by atoms with Crippen LogP contribution in [0, 0.1) is 6.92 Å². The lowest BCUT2D eigenvalue weighted by atomic mass is 9.92. The first-order valence-electron chi connectivity index (χ1n) is 9.41.